The molecule has 0 spiro atoms. The van der Waals surface area contributed by atoms with E-state index < -0.39 is 11.9 Å². The number of para-hydroxylation sites is 1. The van der Waals surface area contributed by atoms with Gasteiger partial charge in [-0.25, -0.2) is 9.59 Å². The van der Waals surface area contributed by atoms with Crippen molar-refractivity contribution in [2.45, 2.75) is 34.1 Å². The lowest BCUT2D eigenvalue weighted by atomic mass is 9.99. The standard InChI is InChI=1S/C37H33N3O4/c1-25(38-43-27(3)41)30-17-20-34(21-18-30)40(36-15-9-8-13-33(36)23-29-11-6-5-7-12-29)37-16-10-14-32-24-31(19-22-35(32)37)26(2)39-44-28(4)42/h5-22,24H,23H2,1-4H3/b38-25-,39-26-. The molecule has 0 aliphatic rings. The molecule has 7 nitrogen and oxygen atoms in total. The van der Waals surface area contributed by atoms with E-state index in [1.54, 1.807) is 6.92 Å². The van der Waals surface area contributed by atoms with E-state index in [9.17, 15) is 9.59 Å². The third-order valence-corrected chi connectivity index (χ3v) is 7.15. The summed E-state index contributed by atoms with van der Waals surface area (Å²) in [6, 6.07) is 39.2. The molecule has 0 heterocycles. The quantitative estimate of drug-likeness (QED) is 0.0988. The Labute approximate surface area is 257 Å². The first-order chi connectivity index (χ1) is 21.3. The van der Waals surface area contributed by atoms with Crippen LogP contribution in [0.3, 0.4) is 0 Å². The molecule has 44 heavy (non-hydrogen) atoms. The second-order valence-corrected chi connectivity index (χ2v) is 10.4. The first-order valence-electron chi connectivity index (χ1n) is 14.3. The number of anilines is 3. The highest BCUT2D eigenvalue weighted by Gasteiger charge is 2.19. The summed E-state index contributed by atoms with van der Waals surface area (Å²) in [6.45, 7) is 6.27. The summed E-state index contributed by atoms with van der Waals surface area (Å²) in [7, 11) is 0. The Morgan fingerprint density at radius 2 is 1.20 bits per heavy atom. The molecule has 0 saturated heterocycles. The molecule has 0 fully saturated rings. The summed E-state index contributed by atoms with van der Waals surface area (Å²) in [5.74, 6) is -0.926. The zero-order valence-electron chi connectivity index (χ0n) is 25.2. The Kier molecular flexibility index (Phi) is 9.25. The van der Waals surface area contributed by atoms with Gasteiger partial charge >= 0.3 is 11.9 Å². The van der Waals surface area contributed by atoms with E-state index in [4.69, 9.17) is 9.68 Å². The van der Waals surface area contributed by atoms with Crippen LogP contribution in [0.2, 0.25) is 0 Å². The fourth-order valence-corrected chi connectivity index (χ4v) is 5.01. The van der Waals surface area contributed by atoms with E-state index in [1.807, 2.05) is 55.5 Å². The minimum atomic E-state index is -0.464. The fourth-order valence-electron chi connectivity index (χ4n) is 5.01. The molecule has 0 aliphatic carbocycles. The number of carbonyl (C=O) groups excluding carboxylic acids is 2. The van der Waals surface area contributed by atoms with E-state index in [1.165, 1.54) is 25.0 Å². The van der Waals surface area contributed by atoms with E-state index >= 15 is 0 Å². The Morgan fingerprint density at radius 3 is 1.89 bits per heavy atom. The predicted molar refractivity (Wildman–Crippen MR) is 176 cm³/mol. The van der Waals surface area contributed by atoms with Crippen LogP contribution in [-0.4, -0.2) is 23.4 Å². The third-order valence-electron chi connectivity index (χ3n) is 7.15. The van der Waals surface area contributed by atoms with Gasteiger partial charge in [0.15, 0.2) is 0 Å². The Hall–Kier alpha value is -5.56. The van der Waals surface area contributed by atoms with Crippen molar-refractivity contribution in [3.05, 3.63) is 138 Å². The fraction of sp³-hybridized carbons (Fsp3) is 0.135. The molecule has 5 rings (SSSR count). The van der Waals surface area contributed by atoms with Crippen molar-refractivity contribution in [1.82, 2.24) is 0 Å². The molecular weight excluding hydrogens is 550 g/mol. The molecule has 7 heteroatoms. The van der Waals surface area contributed by atoms with Crippen LogP contribution >= 0.6 is 0 Å². The molecule has 0 atom stereocenters. The number of benzene rings is 5. The van der Waals surface area contributed by atoms with Crippen LogP contribution in [0.25, 0.3) is 10.8 Å². The van der Waals surface area contributed by atoms with E-state index in [2.05, 4.69) is 81.9 Å². The van der Waals surface area contributed by atoms with Gasteiger partial charge in [0.05, 0.1) is 17.1 Å². The SMILES string of the molecule is CC(=O)O/N=C(/C)c1ccc(N(c2ccccc2Cc2ccccc2)c2cccc3cc(/C(C)=N\OC(C)=O)ccc23)cc1. The van der Waals surface area contributed by atoms with E-state index in [0.717, 1.165) is 45.4 Å². The second-order valence-electron chi connectivity index (χ2n) is 10.4. The van der Waals surface area contributed by atoms with Crippen molar-refractivity contribution >= 4 is 51.2 Å². The summed E-state index contributed by atoms with van der Waals surface area (Å²) in [6.07, 6.45) is 0.764. The van der Waals surface area contributed by atoms with Crippen LogP contribution in [0, 0.1) is 0 Å². The number of rotatable bonds is 9. The van der Waals surface area contributed by atoms with Crippen molar-refractivity contribution in [3.8, 4) is 0 Å². The Bertz CT molecular complexity index is 1860. The molecule has 0 aromatic heterocycles. The Morgan fingerprint density at radius 1 is 0.614 bits per heavy atom. The van der Waals surface area contributed by atoms with Crippen molar-refractivity contribution in [3.63, 3.8) is 0 Å². The molecule has 0 unspecified atom stereocenters. The lowest BCUT2D eigenvalue weighted by molar-refractivity contribution is -0.141. The van der Waals surface area contributed by atoms with Crippen LogP contribution in [-0.2, 0) is 25.7 Å². The van der Waals surface area contributed by atoms with Gasteiger partial charge in [-0.1, -0.05) is 95.2 Å². The highest BCUT2D eigenvalue weighted by molar-refractivity contribution is 6.06. The molecule has 0 radical (unpaired) electrons. The van der Waals surface area contributed by atoms with Crippen molar-refractivity contribution < 1.29 is 19.3 Å². The van der Waals surface area contributed by atoms with E-state index in [0.29, 0.717) is 11.4 Å². The second kappa shape index (κ2) is 13.6. The smallest absolute Gasteiger partial charge is 0.318 e. The highest BCUT2D eigenvalue weighted by Crippen LogP contribution is 2.41. The van der Waals surface area contributed by atoms with Crippen LogP contribution in [0.4, 0.5) is 17.1 Å². The summed E-state index contributed by atoms with van der Waals surface area (Å²) in [5.41, 5.74) is 8.33. The number of nitrogens with zero attached hydrogens (tertiary/aromatic N) is 3. The van der Waals surface area contributed by atoms with Gasteiger partial charge in [0.2, 0.25) is 0 Å². The first kappa shape index (κ1) is 29.9. The summed E-state index contributed by atoms with van der Waals surface area (Å²) in [5, 5.41) is 9.98. The number of carbonyl (C=O) groups is 2. The maximum atomic E-state index is 11.3. The van der Waals surface area contributed by atoms with Gasteiger partial charge in [-0.05, 0) is 78.2 Å². The van der Waals surface area contributed by atoms with Gasteiger partial charge < -0.3 is 14.6 Å². The largest absolute Gasteiger partial charge is 0.331 e. The van der Waals surface area contributed by atoms with Crippen molar-refractivity contribution in [2.75, 3.05) is 4.90 Å². The lowest BCUT2D eigenvalue weighted by Gasteiger charge is -2.29. The molecule has 0 saturated carbocycles. The van der Waals surface area contributed by atoms with Gasteiger partial charge in [0, 0.05) is 30.6 Å². The summed E-state index contributed by atoms with van der Waals surface area (Å²) in [4.78, 5) is 34.5. The third kappa shape index (κ3) is 7.07. The van der Waals surface area contributed by atoms with Gasteiger partial charge in [0.25, 0.3) is 0 Å². The van der Waals surface area contributed by atoms with Crippen LogP contribution in [0.1, 0.15) is 49.9 Å². The first-order valence-corrected chi connectivity index (χ1v) is 14.3. The molecular formula is C37H33N3O4. The molecule has 220 valence electrons. The summed E-state index contributed by atoms with van der Waals surface area (Å²) >= 11 is 0. The number of fused-ring (bicyclic) bond motifs is 1. The monoisotopic (exact) mass is 583 g/mol. The molecule has 0 aliphatic heterocycles. The molecule has 5 aromatic carbocycles. The predicted octanol–water partition coefficient (Wildman–Crippen LogP) is 8.47. The number of hydrogen-bond donors (Lipinski definition) is 0. The van der Waals surface area contributed by atoms with Crippen LogP contribution in [0.5, 0.6) is 0 Å². The van der Waals surface area contributed by atoms with E-state index in [-0.39, 0.29) is 0 Å². The zero-order valence-corrected chi connectivity index (χ0v) is 25.2. The zero-order chi connectivity index (χ0) is 31.1. The average Bonchev–Trinajstić information content (AvgIpc) is 3.04. The van der Waals surface area contributed by atoms with Gasteiger partial charge in [-0.2, -0.15) is 0 Å². The normalized spacial score (nSPS) is 11.7. The molecule has 0 bridgehead atoms. The Balaban J connectivity index is 1.64. The maximum Gasteiger partial charge on any atom is 0.331 e. The molecule has 5 aromatic rings. The van der Waals surface area contributed by atoms with Gasteiger partial charge in [0.1, 0.15) is 0 Å². The average molecular weight is 584 g/mol. The molecule has 0 N–H and O–H groups in total. The minimum Gasteiger partial charge on any atom is -0.318 e. The topological polar surface area (TPSA) is 80.6 Å². The maximum absolute atomic E-state index is 11.3. The van der Waals surface area contributed by atoms with Crippen LogP contribution in [0.15, 0.2) is 126 Å². The van der Waals surface area contributed by atoms with Crippen molar-refractivity contribution in [1.29, 1.82) is 0 Å². The van der Waals surface area contributed by atoms with Crippen LogP contribution < -0.4 is 4.90 Å². The van der Waals surface area contributed by atoms with Gasteiger partial charge in [-0.3, -0.25) is 0 Å². The van der Waals surface area contributed by atoms with Crippen molar-refractivity contribution in [2.24, 2.45) is 10.3 Å². The molecule has 0 amide bonds. The number of oxime groups is 2. The van der Waals surface area contributed by atoms with Gasteiger partial charge in [-0.15, -0.1) is 0 Å². The summed E-state index contributed by atoms with van der Waals surface area (Å²) < 4.78 is 0. The number of hydrogen-bond acceptors (Lipinski definition) is 7. The lowest BCUT2D eigenvalue weighted by Crippen LogP contribution is -2.13. The highest BCUT2D eigenvalue weighted by atomic mass is 16.7. The minimum absolute atomic E-state index is 0.462.